The second kappa shape index (κ2) is 10.8. The van der Waals surface area contributed by atoms with Gasteiger partial charge in [-0.1, -0.05) is 44.9 Å². The Hall–Kier alpha value is -0.120. The molecule has 3 N–H and O–H groups in total. The molecule has 1 atom stereocenters. The molecule has 0 aromatic rings. The first kappa shape index (κ1) is 17.9. The molecule has 3 heteroatoms. The molecule has 0 rings (SSSR count). The minimum Gasteiger partial charge on any atom is -0.396 e. The predicted molar refractivity (Wildman–Crippen MR) is 75.6 cm³/mol. The molecule has 1 unspecified atom stereocenters. The average molecular weight is 260 g/mol. The van der Waals surface area contributed by atoms with Crippen molar-refractivity contribution in [1.29, 1.82) is 0 Å². The zero-order valence-electron chi connectivity index (χ0n) is 12.2. The zero-order valence-corrected chi connectivity index (χ0v) is 12.2. The Kier molecular flexibility index (Phi) is 10.7. The molecule has 0 saturated heterocycles. The van der Waals surface area contributed by atoms with Crippen LogP contribution in [0.1, 0.15) is 78.1 Å². The van der Waals surface area contributed by atoms with Crippen molar-refractivity contribution in [3.63, 3.8) is 0 Å². The van der Waals surface area contributed by atoms with Crippen molar-refractivity contribution in [3.8, 4) is 0 Å². The van der Waals surface area contributed by atoms with Crippen LogP contribution in [0.15, 0.2) is 0 Å². The zero-order chi connectivity index (χ0) is 13.9. The largest absolute Gasteiger partial charge is 0.396 e. The minimum absolute atomic E-state index is 0.319. The summed E-state index contributed by atoms with van der Waals surface area (Å²) in [4.78, 5) is 0. The first-order valence-corrected chi connectivity index (χ1v) is 7.47. The summed E-state index contributed by atoms with van der Waals surface area (Å²) < 4.78 is 0. The van der Waals surface area contributed by atoms with Crippen molar-refractivity contribution in [2.45, 2.75) is 89.8 Å². The Bertz CT molecular complexity index is 175. The third kappa shape index (κ3) is 13.9. The van der Waals surface area contributed by atoms with Crippen LogP contribution in [-0.4, -0.2) is 33.6 Å². The lowest BCUT2D eigenvalue weighted by Gasteiger charge is -2.21. The van der Waals surface area contributed by atoms with E-state index in [-0.39, 0.29) is 6.10 Å². The summed E-state index contributed by atoms with van der Waals surface area (Å²) in [6.45, 7) is 3.80. The predicted octanol–water partition coefficient (Wildman–Crippen LogP) is 3.01. The Labute approximate surface area is 112 Å². The molecular weight excluding hydrogens is 228 g/mol. The van der Waals surface area contributed by atoms with E-state index in [1.807, 2.05) is 0 Å². The van der Waals surface area contributed by atoms with E-state index in [2.05, 4.69) is 0 Å². The van der Waals surface area contributed by atoms with E-state index in [0.29, 0.717) is 13.0 Å². The van der Waals surface area contributed by atoms with Crippen molar-refractivity contribution >= 4 is 0 Å². The molecular formula is C15H32O3. The molecule has 18 heavy (non-hydrogen) atoms. The van der Waals surface area contributed by atoms with Crippen molar-refractivity contribution in [2.24, 2.45) is 0 Å². The highest BCUT2D eigenvalue weighted by atomic mass is 16.3. The molecule has 0 aliphatic rings. The van der Waals surface area contributed by atoms with Gasteiger partial charge in [-0.2, -0.15) is 0 Å². The minimum atomic E-state index is -0.758. The van der Waals surface area contributed by atoms with Crippen LogP contribution in [0.25, 0.3) is 0 Å². The summed E-state index contributed by atoms with van der Waals surface area (Å²) in [5.41, 5.74) is -0.758. The van der Waals surface area contributed by atoms with Crippen molar-refractivity contribution in [3.05, 3.63) is 0 Å². The Morgan fingerprint density at radius 1 is 0.833 bits per heavy atom. The van der Waals surface area contributed by atoms with E-state index >= 15 is 0 Å². The maximum Gasteiger partial charge on any atom is 0.0616 e. The number of aliphatic hydroxyl groups excluding tert-OH is 2. The van der Waals surface area contributed by atoms with Crippen LogP contribution >= 0.6 is 0 Å². The molecule has 0 fully saturated rings. The third-order valence-electron chi connectivity index (χ3n) is 3.18. The van der Waals surface area contributed by atoms with E-state index in [0.717, 1.165) is 25.7 Å². The van der Waals surface area contributed by atoms with E-state index in [9.17, 15) is 10.2 Å². The molecule has 0 bridgehead atoms. The second-order valence-electron chi connectivity index (χ2n) is 6.01. The van der Waals surface area contributed by atoms with Gasteiger partial charge in [-0.3, -0.25) is 0 Å². The monoisotopic (exact) mass is 260 g/mol. The molecule has 0 aromatic carbocycles. The molecule has 0 saturated carbocycles. The fourth-order valence-electron chi connectivity index (χ4n) is 2.23. The van der Waals surface area contributed by atoms with Crippen molar-refractivity contribution in [2.75, 3.05) is 6.61 Å². The standard InChI is InChI=1S/C15H32O3/c1-15(2,18)13-14(17)11-9-7-5-3-4-6-8-10-12-16/h14,16-18H,3-13H2,1-2H3. The van der Waals surface area contributed by atoms with Crippen LogP contribution in [0.3, 0.4) is 0 Å². The van der Waals surface area contributed by atoms with Gasteiger partial charge in [-0.15, -0.1) is 0 Å². The van der Waals surface area contributed by atoms with E-state index in [4.69, 9.17) is 5.11 Å². The molecule has 0 spiro atoms. The van der Waals surface area contributed by atoms with Gasteiger partial charge < -0.3 is 15.3 Å². The fraction of sp³-hybridized carbons (Fsp3) is 1.00. The van der Waals surface area contributed by atoms with Gasteiger partial charge >= 0.3 is 0 Å². The van der Waals surface area contributed by atoms with E-state index < -0.39 is 5.60 Å². The van der Waals surface area contributed by atoms with Gasteiger partial charge in [0.05, 0.1) is 11.7 Å². The van der Waals surface area contributed by atoms with Crippen LogP contribution in [0.4, 0.5) is 0 Å². The summed E-state index contributed by atoms with van der Waals surface area (Å²) in [5, 5.41) is 27.9. The third-order valence-corrected chi connectivity index (χ3v) is 3.18. The Balaban J connectivity index is 3.20. The lowest BCUT2D eigenvalue weighted by Crippen LogP contribution is -2.26. The topological polar surface area (TPSA) is 60.7 Å². The summed E-state index contributed by atoms with van der Waals surface area (Å²) in [5.74, 6) is 0. The Morgan fingerprint density at radius 2 is 1.28 bits per heavy atom. The number of aliphatic hydroxyl groups is 3. The number of hydrogen-bond donors (Lipinski definition) is 3. The number of unbranched alkanes of at least 4 members (excludes halogenated alkanes) is 7. The van der Waals surface area contributed by atoms with Crippen LogP contribution in [0.2, 0.25) is 0 Å². The van der Waals surface area contributed by atoms with Crippen LogP contribution in [-0.2, 0) is 0 Å². The van der Waals surface area contributed by atoms with Gasteiger partial charge in [0.15, 0.2) is 0 Å². The maximum atomic E-state index is 9.70. The van der Waals surface area contributed by atoms with Gasteiger partial charge in [0.2, 0.25) is 0 Å². The van der Waals surface area contributed by atoms with Gasteiger partial charge in [0.1, 0.15) is 0 Å². The lowest BCUT2D eigenvalue weighted by molar-refractivity contribution is 0.0150. The van der Waals surface area contributed by atoms with Gasteiger partial charge in [0, 0.05) is 13.0 Å². The highest BCUT2D eigenvalue weighted by molar-refractivity contribution is 4.70. The van der Waals surface area contributed by atoms with Crippen LogP contribution in [0.5, 0.6) is 0 Å². The quantitative estimate of drug-likeness (QED) is 0.473. The van der Waals surface area contributed by atoms with E-state index in [1.165, 1.54) is 32.1 Å². The van der Waals surface area contributed by atoms with Gasteiger partial charge in [-0.05, 0) is 26.7 Å². The molecule has 110 valence electrons. The maximum absolute atomic E-state index is 9.70. The summed E-state index contributed by atoms with van der Waals surface area (Å²) >= 11 is 0. The van der Waals surface area contributed by atoms with Gasteiger partial charge in [-0.25, -0.2) is 0 Å². The van der Waals surface area contributed by atoms with Crippen molar-refractivity contribution < 1.29 is 15.3 Å². The number of rotatable bonds is 12. The fourth-order valence-corrected chi connectivity index (χ4v) is 2.23. The van der Waals surface area contributed by atoms with Gasteiger partial charge in [0.25, 0.3) is 0 Å². The first-order chi connectivity index (χ1) is 8.45. The summed E-state index contributed by atoms with van der Waals surface area (Å²) in [6, 6.07) is 0. The lowest BCUT2D eigenvalue weighted by atomic mass is 9.97. The van der Waals surface area contributed by atoms with Crippen LogP contribution in [0, 0.1) is 0 Å². The molecule has 3 nitrogen and oxygen atoms in total. The molecule has 0 radical (unpaired) electrons. The highest BCUT2D eigenvalue weighted by Crippen LogP contribution is 2.16. The highest BCUT2D eigenvalue weighted by Gasteiger charge is 2.17. The second-order valence-corrected chi connectivity index (χ2v) is 6.01. The summed E-state index contributed by atoms with van der Waals surface area (Å²) in [6.07, 6.45) is 10.2. The molecule has 0 aliphatic carbocycles. The van der Waals surface area contributed by atoms with Crippen molar-refractivity contribution in [1.82, 2.24) is 0 Å². The van der Waals surface area contributed by atoms with E-state index in [1.54, 1.807) is 13.8 Å². The summed E-state index contributed by atoms with van der Waals surface area (Å²) in [7, 11) is 0. The number of hydrogen-bond acceptors (Lipinski definition) is 3. The molecule has 0 aromatic heterocycles. The molecule has 0 heterocycles. The first-order valence-electron chi connectivity index (χ1n) is 7.47. The SMILES string of the molecule is CC(C)(O)CC(O)CCCCCCCCCCO. The average Bonchev–Trinajstić information content (AvgIpc) is 2.24. The molecule has 0 amide bonds. The molecule has 0 aliphatic heterocycles. The van der Waals surface area contributed by atoms with Crippen LogP contribution < -0.4 is 0 Å². The smallest absolute Gasteiger partial charge is 0.0616 e. The normalized spacial score (nSPS) is 13.8. The Morgan fingerprint density at radius 3 is 1.72 bits per heavy atom.